The smallest absolute Gasteiger partial charge is 0.116 e. The van der Waals surface area contributed by atoms with Gasteiger partial charge in [0, 0.05) is 0 Å². The largest absolute Gasteiger partial charge is 0.508 e. The summed E-state index contributed by atoms with van der Waals surface area (Å²) in [5, 5.41) is 9.38. The summed E-state index contributed by atoms with van der Waals surface area (Å²) in [5.74, 6) is 0.312. The molecule has 15 heavy (non-hydrogen) atoms. The lowest BCUT2D eigenvalue weighted by molar-refractivity contribution is 0.475. The molecule has 0 heterocycles. The molecule has 0 radical (unpaired) electrons. The average molecular weight is 198 g/mol. The van der Waals surface area contributed by atoms with E-state index in [4.69, 9.17) is 0 Å². The molecule has 0 saturated heterocycles. The van der Waals surface area contributed by atoms with E-state index in [0.717, 1.165) is 17.5 Å². The highest BCUT2D eigenvalue weighted by molar-refractivity contribution is 5.65. The van der Waals surface area contributed by atoms with Gasteiger partial charge in [-0.2, -0.15) is 0 Å². The number of benzene rings is 2. The third-order valence-electron chi connectivity index (χ3n) is 2.54. The van der Waals surface area contributed by atoms with Crippen molar-refractivity contribution in [2.75, 3.05) is 0 Å². The van der Waals surface area contributed by atoms with Crippen LogP contribution in [0.15, 0.2) is 48.5 Å². The highest BCUT2D eigenvalue weighted by Crippen LogP contribution is 2.23. The van der Waals surface area contributed by atoms with E-state index in [-0.39, 0.29) is 0 Å². The van der Waals surface area contributed by atoms with Gasteiger partial charge in [0.1, 0.15) is 5.75 Å². The zero-order valence-corrected chi connectivity index (χ0v) is 8.77. The fourth-order valence-electron chi connectivity index (χ4n) is 1.62. The summed E-state index contributed by atoms with van der Waals surface area (Å²) in [6, 6.07) is 15.8. The van der Waals surface area contributed by atoms with Gasteiger partial charge in [-0.1, -0.05) is 43.3 Å². The lowest BCUT2D eigenvalue weighted by atomic mass is 10.0. The van der Waals surface area contributed by atoms with E-state index < -0.39 is 0 Å². The number of hydrogen-bond acceptors (Lipinski definition) is 1. The number of phenolic OH excluding ortho intramolecular Hbond substituents is 1. The number of rotatable bonds is 2. The Bertz CT molecular complexity index is 443. The topological polar surface area (TPSA) is 20.2 Å². The standard InChI is InChI=1S/C14H14O/c1-2-11-6-8-12(9-7-11)13-4-3-5-14(15)10-13/h3-10,15H,2H2,1H3. The van der Waals surface area contributed by atoms with E-state index in [9.17, 15) is 5.11 Å². The minimum atomic E-state index is 0.312. The number of aromatic hydroxyl groups is 1. The van der Waals surface area contributed by atoms with E-state index in [1.165, 1.54) is 5.56 Å². The summed E-state index contributed by atoms with van der Waals surface area (Å²) in [6.45, 7) is 2.14. The summed E-state index contributed by atoms with van der Waals surface area (Å²) in [6.07, 6.45) is 1.06. The van der Waals surface area contributed by atoms with E-state index >= 15 is 0 Å². The first-order valence-corrected chi connectivity index (χ1v) is 5.18. The number of hydrogen-bond donors (Lipinski definition) is 1. The van der Waals surface area contributed by atoms with Crippen LogP contribution in [-0.4, -0.2) is 5.11 Å². The van der Waals surface area contributed by atoms with Crippen LogP contribution in [0.2, 0.25) is 0 Å². The van der Waals surface area contributed by atoms with Crippen LogP contribution < -0.4 is 0 Å². The third kappa shape index (κ3) is 2.18. The molecule has 0 saturated carbocycles. The van der Waals surface area contributed by atoms with Crippen molar-refractivity contribution < 1.29 is 5.11 Å². The summed E-state index contributed by atoms with van der Waals surface area (Å²) in [4.78, 5) is 0. The van der Waals surface area contributed by atoms with E-state index in [1.807, 2.05) is 12.1 Å². The molecule has 0 unspecified atom stereocenters. The molecule has 0 fully saturated rings. The van der Waals surface area contributed by atoms with Gasteiger partial charge < -0.3 is 5.11 Å². The van der Waals surface area contributed by atoms with Crippen LogP contribution in [0.25, 0.3) is 11.1 Å². The normalized spacial score (nSPS) is 10.2. The molecule has 76 valence electrons. The highest BCUT2D eigenvalue weighted by atomic mass is 16.3. The van der Waals surface area contributed by atoms with Crippen molar-refractivity contribution in [1.29, 1.82) is 0 Å². The monoisotopic (exact) mass is 198 g/mol. The van der Waals surface area contributed by atoms with Gasteiger partial charge in [0.2, 0.25) is 0 Å². The van der Waals surface area contributed by atoms with Crippen molar-refractivity contribution in [1.82, 2.24) is 0 Å². The Labute approximate surface area is 90.0 Å². The van der Waals surface area contributed by atoms with Gasteiger partial charge in [0.15, 0.2) is 0 Å². The highest BCUT2D eigenvalue weighted by Gasteiger charge is 1.98. The maximum Gasteiger partial charge on any atom is 0.116 e. The summed E-state index contributed by atoms with van der Waals surface area (Å²) in [5.41, 5.74) is 3.53. The van der Waals surface area contributed by atoms with Crippen LogP contribution in [0.5, 0.6) is 5.75 Å². The van der Waals surface area contributed by atoms with Gasteiger partial charge in [0.05, 0.1) is 0 Å². The van der Waals surface area contributed by atoms with Crippen molar-refractivity contribution in [2.24, 2.45) is 0 Å². The van der Waals surface area contributed by atoms with Crippen molar-refractivity contribution in [3.8, 4) is 16.9 Å². The first-order chi connectivity index (χ1) is 7.29. The first-order valence-electron chi connectivity index (χ1n) is 5.18. The van der Waals surface area contributed by atoms with Crippen molar-refractivity contribution in [3.05, 3.63) is 54.1 Å². The SMILES string of the molecule is CCc1ccc(-c2cccc(O)c2)cc1. The summed E-state index contributed by atoms with van der Waals surface area (Å²) < 4.78 is 0. The molecule has 0 atom stereocenters. The molecular weight excluding hydrogens is 184 g/mol. The molecular formula is C14H14O. The van der Waals surface area contributed by atoms with Gasteiger partial charge in [-0.05, 0) is 35.2 Å². The van der Waals surface area contributed by atoms with E-state index in [0.29, 0.717) is 5.75 Å². The van der Waals surface area contributed by atoms with Crippen LogP contribution in [0.1, 0.15) is 12.5 Å². The molecule has 1 N–H and O–H groups in total. The molecule has 2 aromatic carbocycles. The molecule has 2 aromatic rings. The van der Waals surface area contributed by atoms with Crippen LogP contribution in [0.4, 0.5) is 0 Å². The predicted octanol–water partition coefficient (Wildman–Crippen LogP) is 3.62. The fraction of sp³-hybridized carbons (Fsp3) is 0.143. The Morgan fingerprint density at radius 3 is 2.27 bits per heavy atom. The van der Waals surface area contributed by atoms with Crippen molar-refractivity contribution >= 4 is 0 Å². The lowest BCUT2D eigenvalue weighted by Gasteiger charge is -2.03. The minimum Gasteiger partial charge on any atom is -0.508 e. The first kappa shape index (κ1) is 9.78. The summed E-state index contributed by atoms with van der Waals surface area (Å²) >= 11 is 0. The zero-order valence-electron chi connectivity index (χ0n) is 8.77. The van der Waals surface area contributed by atoms with Gasteiger partial charge in [-0.25, -0.2) is 0 Å². The Hall–Kier alpha value is -1.76. The van der Waals surface area contributed by atoms with Gasteiger partial charge in [0.25, 0.3) is 0 Å². The second kappa shape index (κ2) is 4.18. The fourth-order valence-corrected chi connectivity index (χ4v) is 1.62. The predicted molar refractivity (Wildman–Crippen MR) is 62.9 cm³/mol. The van der Waals surface area contributed by atoms with Gasteiger partial charge >= 0.3 is 0 Å². The molecule has 0 aliphatic rings. The average Bonchev–Trinajstić information content (AvgIpc) is 2.29. The van der Waals surface area contributed by atoms with Crippen LogP contribution in [-0.2, 0) is 6.42 Å². The molecule has 1 nitrogen and oxygen atoms in total. The molecule has 0 spiro atoms. The second-order valence-electron chi connectivity index (χ2n) is 3.60. The zero-order chi connectivity index (χ0) is 10.7. The molecule has 1 heteroatoms. The van der Waals surface area contributed by atoms with Gasteiger partial charge in [-0.3, -0.25) is 0 Å². The third-order valence-corrected chi connectivity index (χ3v) is 2.54. The Morgan fingerprint density at radius 2 is 1.67 bits per heavy atom. The maximum atomic E-state index is 9.38. The van der Waals surface area contributed by atoms with E-state index in [2.05, 4.69) is 31.2 Å². The number of phenols is 1. The Morgan fingerprint density at radius 1 is 0.933 bits per heavy atom. The molecule has 0 aliphatic heterocycles. The van der Waals surface area contributed by atoms with Crippen LogP contribution >= 0.6 is 0 Å². The van der Waals surface area contributed by atoms with Gasteiger partial charge in [-0.15, -0.1) is 0 Å². The molecule has 0 bridgehead atoms. The number of aryl methyl sites for hydroxylation is 1. The van der Waals surface area contributed by atoms with Crippen molar-refractivity contribution in [2.45, 2.75) is 13.3 Å². The van der Waals surface area contributed by atoms with Crippen LogP contribution in [0.3, 0.4) is 0 Å². The lowest BCUT2D eigenvalue weighted by Crippen LogP contribution is -1.81. The Kier molecular flexibility index (Phi) is 2.72. The van der Waals surface area contributed by atoms with Crippen molar-refractivity contribution in [3.63, 3.8) is 0 Å². The second-order valence-corrected chi connectivity index (χ2v) is 3.60. The summed E-state index contributed by atoms with van der Waals surface area (Å²) in [7, 11) is 0. The molecule has 0 aliphatic carbocycles. The minimum absolute atomic E-state index is 0.312. The molecule has 2 rings (SSSR count). The van der Waals surface area contributed by atoms with E-state index in [1.54, 1.807) is 12.1 Å². The quantitative estimate of drug-likeness (QED) is 0.781. The van der Waals surface area contributed by atoms with Crippen LogP contribution in [0, 0.1) is 0 Å². The molecule has 0 aromatic heterocycles. The Balaban J connectivity index is 2.37. The maximum absolute atomic E-state index is 9.38. The molecule has 0 amide bonds.